The Labute approximate surface area is 208 Å². The molecule has 0 bridgehead atoms. The molecule has 1 fully saturated rings. The number of anilines is 1. The van der Waals surface area contributed by atoms with Gasteiger partial charge in [0.2, 0.25) is 17.7 Å². The van der Waals surface area contributed by atoms with E-state index >= 15 is 0 Å². The van der Waals surface area contributed by atoms with Crippen molar-refractivity contribution in [2.75, 3.05) is 18.0 Å². The van der Waals surface area contributed by atoms with Crippen molar-refractivity contribution in [1.29, 1.82) is 0 Å². The number of benzene rings is 2. The normalized spacial score (nSPS) is 17.3. The van der Waals surface area contributed by atoms with Crippen LogP contribution in [0.4, 0.5) is 5.69 Å². The van der Waals surface area contributed by atoms with Crippen LogP contribution in [0.15, 0.2) is 66.0 Å². The van der Waals surface area contributed by atoms with E-state index in [2.05, 4.69) is 16.8 Å². The van der Waals surface area contributed by atoms with E-state index < -0.39 is 0 Å². The lowest BCUT2D eigenvalue weighted by atomic mass is 10.1. The van der Waals surface area contributed by atoms with Crippen LogP contribution in [0.5, 0.6) is 11.5 Å². The molecule has 180 valence electrons. The molecule has 2 aliphatic heterocycles. The first-order valence-corrected chi connectivity index (χ1v) is 12.7. The lowest BCUT2D eigenvalue weighted by molar-refractivity contribution is -0.134. The molecule has 3 aromatic rings. The van der Waals surface area contributed by atoms with Crippen molar-refractivity contribution in [3.63, 3.8) is 0 Å². The number of fused-ring (bicyclic) bond motifs is 1. The van der Waals surface area contributed by atoms with Gasteiger partial charge in [-0.05, 0) is 59.8 Å². The Kier molecular flexibility index (Phi) is 6.81. The van der Waals surface area contributed by atoms with Crippen molar-refractivity contribution in [3.05, 3.63) is 76.5 Å². The highest BCUT2D eigenvalue weighted by Crippen LogP contribution is 2.27. The number of para-hydroxylation sites is 1. The van der Waals surface area contributed by atoms with Gasteiger partial charge >= 0.3 is 0 Å². The molecule has 1 saturated heterocycles. The SMILES string of the molecule is O=C(CCC(=O)N1CCc2sccc2C1)NC1CC(=O)N(c2ccc(Oc3ccccc3)cc2)C1. The van der Waals surface area contributed by atoms with E-state index in [1.54, 1.807) is 16.2 Å². The lowest BCUT2D eigenvalue weighted by Crippen LogP contribution is -2.39. The summed E-state index contributed by atoms with van der Waals surface area (Å²) in [5, 5.41) is 4.99. The average Bonchev–Trinajstić information content (AvgIpc) is 3.49. The van der Waals surface area contributed by atoms with Gasteiger partial charge in [-0.3, -0.25) is 14.4 Å². The maximum absolute atomic E-state index is 12.6. The van der Waals surface area contributed by atoms with Gasteiger partial charge in [0.1, 0.15) is 11.5 Å². The fourth-order valence-electron chi connectivity index (χ4n) is 4.51. The van der Waals surface area contributed by atoms with Gasteiger partial charge in [-0.25, -0.2) is 0 Å². The summed E-state index contributed by atoms with van der Waals surface area (Å²) < 4.78 is 5.81. The van der Waals surface area contributed by atoms with E-state index in [-0.39, 0.29) is 43.0 Å². The molecule has 1 atom stereocenters. The van der Waals surface area contributed by atoms with E-state index in [1.807, 2.05) is 59.5 Å². The topological polar surface area (TPSA) is 79.0 Å². The second-order valence-corrected chi connectivity index (χ2v) is 9.82. The monoisotopic (exact) mass is 489 g/mol. The molecule has 1 unspecified atom stereocenters. The van der Waals surface area contributed by atoms with Crippen LogP contribution in [0.1, 0.15) is 29.7 Å². The Morgan fingerprint density at radius 3 is 2.57 bits per heavy atom. The highest BCUT2D eigenvalue weighted by molar-refractivity contribution is 7.10. The first-order chi connectivity index (χ1) is 17.0. The predicted octanol–water partition coefficient (Wildman–Crippen LogP) is 4.13. The molecule has 8 heteroatoms. The Morgan fingerprint density at radius 2 is 1.77 bits per heavy atom. The van der Waals surface area contributed by atoms with Gasteiger partial charge in [-0.2, -0.15) is 0 Å². The Hall–Kier alpha value is -3.65. The van der Waals surface area contributed by atoms with Gasteiger partial charge in [0.25, 0.3) is 0 Å². The zero-order valence-corrected chi connectivity index (χ0v) is 20.1. The third kappa shape index (κ3) is 5.54. The van der Waals surface area contributed by atoms with Crippen LogP contribution in [0.2, 0.25) is 0 Å². The molecular weight excluding hydrogens is 462 g/mol. The maximum atomic E-state index is 12.6. The molecule has 0 radical (unpaired) electrons. The van der Waals surface area contributed by atoms with Crippen molar-refractivity contribution in [2.45, 2.75) is 38.3 Å². The number of amides is 3. The molecule has 2 aromatic carbocycles. The molecule has 0 aliphatic carbocycles. The summed E-state index contributed by atoms with van der Waals surface area (Å²) in [7, 11) is 0. The number of thiophene rings is 1. The summed E-state index contributed by atoms with van der Waals surface area (Å²) in [5.41, 5.74) is 1.98. The van der Waals surface area contributed by atoms with Gasteiger partial charge in [0.15, 0.2) is 0 Å². The zero-order chi connectivity index (χ0) is 24.2. The maximum Gasteiger partial charge on any atom is 0.229 e. The van der Waals surface area contributed by atoms with Gasteiger partial charge in [0, 0.05) is 49.5 Å². The Bertz CT molecular complexity index is 1210. The van der Waals surface area contributed by atoms with Crippen LogP contribution < -0.4 is 15.0 Å². The highest BCUT2D eigenvalue weighted by atomic mass is 32.1. The van der Waals surface area contributed by atoms with Crippen LogP contribution in [0.3, 0.4) is 0 Å². The predicted molar refractivity (Wildman–Crippen MR) is 135 cm³/mol. The smallest absolute Gasteiger partial charge is 0.229 e. The number of carbonyl (C=O) groups excluding carboxylic acids is 3. The summed E-state index contributed by atoms with van der Waals surface area (Å²) in [6.45, 7) is 1.74. The van der Waals surface area contributed by atoms with Crippen molar-refractivity contribution >= 4 is 34.7 Å². The van der Waals surface area contributed by atoms with Gasteiger partial charge in [-0.15, -0.1) is 11.3 Å². The van der Waals surface area contributed by atoms with E-state index in [0.29, 0.717) is 25.4 Å². The fourth-order valence-corrected chi connectivity index (χ4v) is 5.40. The quantitative estimate of drug-likeness (QED) is 0.541. The second-order valence-electron chi connectivity index (χ2n) is 8.82. The zero-order valence-electron chi connectivity index (χ0n) is 19.3. The molecule has 2 aliphatic rings. The molecule has 3 amide bonds. The van der Waals surface area contributed by atoms with Gasteiger partial charge < -0.3 is 19.9 Å². The van der Waals surface area contributed by atoms with E-state index in [4.69, 9.17) is 4.74 Å². The fraction of sp³-hybridized carbons (Fsp3) is 0.296. The molecule has 3 heterocycles. The Balaban J connectivity index is 1.09. The minimum absolute atomic E-state index is 0.000985. The van der Waals surface area contributed by atoms with Crippen molar-refractivity contribution < 1.29 is 19.1 Å². The van der Waals surface area contributed by atoms with E-state index in [1.165, 1.54) is 10.4 Å². The third-order valence-electron chi connectivity index (χ3n) is 6.34. The molecule has 1 aromatic heterocycles. The standard InChI is InChI=1S/C27H27N3O4S/c31-25(10-11-26(32)29-14-12-24-19(17-29)13-15-35-24)28-20-16-27(33)30(18-20)21-6-8-23(9-7-21)34-22-4-2-1-3-5-22/h1-9,13,15,20H,10-12,14,16-18H2,(H,28,31). The largest absolute Gasteiger partial charge is 0.457 e. The number of hydrogen-bond donors (Lipinski definition) is 1. The van der Waals surface area contributed by atoms with Crippen molar-refractivity contribution in [3.8, 4) is 11.5 Å². The van der Waals surface area contributed by atoms with Gasteiger partial charge in [-0.1, -0.05) is 18.2 Å². The van der Waals surface area contributed by atoms with E-state index in [9.17, 15) is 14.4 Å². The number of rotatable bonds is 7. The van der Waals surface area contributed by atoms with E-state index in [0.717, 1.165) is 17.9 Å². The van der Waals surface area contributed by atoms with Crippen LogP contribution in [-0.4, -0.2) is 41.8 Å². The first-order valence-electron chi connectivity index (χ1n) is 11.8. The van der Waals surface area contributed by atoms with Crippen molar-refractivity contribution in [1.82, 2.24) is 10.2 Å². The lowest BCUT2D eigenvalue weighted by Gasteiger charge is -2.27. The summed E-state index contributed by atoms with van der Waals surface area (Å²) in [6, 6.07) is 18.6. The van der Waals surface area contributed by atoms with Gasteiger partial charge in [0.05, 0.1) is 6.04 Å². The van der Waals surface area contributed by atoms with Crippen LogP contribution in [0, 0.1) is 0 Å². The number of carbonyl (C=O) groups is 3. The number of nitrogens with one attached hydrogen (secondary N) is 1. The molecule has 0 saturated carbocycles. The third-order valence-corrected chi connectivity index (χ3v) is 7.37. The molecule has 5 rings (SSSR count). The molecule has 1 N–H and O–H groups in total. The van der Waals surface area contributed by atoms with Crippen LogP contribution >= 0.6 is 11.3 Å². The first kappa shape index (κ1) is 23.1. The van der Waals surface area contributed by atoms with Crippen LogP contribution in [0.25, 0.3) is 0 Å². The Morgan fingerprint density at radius 1 is 1.00 bits per heavy atom. The molecule has 0 spiro atoms. The molecule has 35 heavy (non-hydrogen) atoms. The highest BCUT2D eigenvalue weighted by Gasteiger charge is 2.32. The number of hydrogen-bond acceptors (Lipinski definition) is 5. The number of nitrogens with zero attached hydrogens (tertiary/aromatic N) is 2. The summed E-state index contributed by atoms with van der Waals surface area (Å²) in [6.07, 6.45) is 1.43. The van der Waals surface area contributed by atoms with Crippen molar-refractivity contribution in [2.24, 2.45) is 0 Å². The van der Waals surface area contributed by atoms with Crippen LogP contribution in [-0.2, 0) is 27.3 Å². The molecule has 7 nitrogen and oxygen atoms in total. The summed E-state index contributed by atoms with van der Waals surface area (Å²) in [5.74, 6) is 1.19. The molecular formula is C27H27N3O4S. The summed E-state index contributed by atoms with van der Waals surface area (Å²) >= 11 is 1.73. The minimum Gasteiger partial charge on any atom is -0.457 e. The summed E-state index contributed by atoms with van der Waals surface area (Å²) in [4.78, 5) is 42.5. The second kappa shape index (κ2) is 10.3. The average molecular weight is 490 g/mol. The number of ether oxygens (including phenoxy) is 1. The minimum atomic E-state index is -0.270.